The third kappa shape index (κ3) is 6.64. The number of ether oxygens (including phenoxy) is 3. The first-order chi connectivity index (χ1) is 15.4. The number of carbonyl (C=O) groups excluding carboxylic acids is 1. The maximum Gasteiger partial charge on any atom is 0.475 e. The highest BCUT2D eigenvalue weighted by molar-refractivity contribution is 7.47. The van der Waals surface area contributed by atoms with Crippen molar-refractivity contribution < 1.29 is 37.5 Å². The van der Waals surface area contributed by atoms with E-state index in [0.29, 0.717) is 35.6 Å². The van der Waals surface area contributed by atoms with Crippen LogP contribution < -0.4 is 14.2 Å². The summed E-state index contributed by atoms with van der Waals surface area (Å²) in [7, 11) is -1.28. The van der Waals surface area contributed by atoms with Gasteiger partial charge in [0.2, 0.25) is 6.29 Å². The summed E-state index contributed by atoms with van der Waals surface area (Å²) >= 11 is 0. The fraction of sp³-hybridized carbons (Fsp3) is 0.364. The second kappa shape index (κ2) is 11.2. The molecule has 0 spiro atoms. The monoisotopic (exact) mass is 463 g/mol. The highest BCUT2D eigenvalue weighted by atomic mass is 31.2. The van der Waals surface area contributed by atoms with E-state index in [1.807, 2.05) is 0 Å². The average molecular weight is 463 g/mol. The summed E-state index contributed by atoms with van der Waals surface area (Å²) < 4.78 is 38.5. The minimum absolute atomic E-state index is 0.147. The molecule has 1 N–H and O–H groups in total. The number of ketones is 1. The maximum absolute atomic E-state index is 12.6. The van der Waals surface area contributed by atoms with Crippen molar-refractivity contribution in [3.8, 4) is 17.2 Å². The summed E-state index contributed by atoms with van der Waals surface area (Å²) in [5.74, 6) is 0.800. The molecule has 10 heteroatoms. The fourth-order valence-corrected chi connectivity index (χ4v) is 3.96. The number of carbonyl (C=O) groups is 1. The van der Waals surface area contributed by atoms with Crippen LogP contribution in [-0.2, 0) is 13.6 Å². The highest BCUT2D eigenvalue weighted by Gasteiger charge is 2.29. The molecule has 2 aromatic rings. The number of para-hydroxylation sites is 1. The first-order valence-corrected chi connectivity index (χ1v) is 11.6. The lowest BCUT2D eigenvalue weighted by Gasteiger charge is -2.21. The molecule has 0 bridgehead atoms. The molecular formula is C22H26NO8P. The van der Waals surface area contributed by atoms with E-state index in [1.54, 1.807) is 30.3 Å². The van der Waals surface area contributed by atoms with E-state index in [9.17, 15) is 14.3 Å². The van der Waals surface area contributed by atoms with Crippen molar-refractivity contribution in [3.05, 3.63) is 53.9 Å². The normalized spacial score (nSPS) is 21.9. The number of hydrogen-bond acceptors (Lipinski definition) is 8. The van der Waals surface area contributed by atoms with Gasteiger partial charge in [-0.3, -0.25) is 14.3 Å². The van der Waals surface area contributed by atoms with Crippen LogP contribution in [0, 0.1) is 0 Å². The van der Waals surface area contributed by atoms with Crippen LogP contribution in [0.2, 0.25) is 0 Å². The van der Waals surface area contributed by atoms with Crippen LogP contribution in [-0.4, -0.2) is 42.8 Å². The van der Waals surface area contributed by atoms with Crippen molar-refractivity contribution in [2.45, 2.75) is 32.0 Å². The van der Waals surface area contributed by atoms with Gasteiger partial charge in [-0.05, 0) is 37.1 Å². The minimum Gasteiger partial charge on any atom is -0.496 e. The van der Waals surface area contributed by atoms with E-state index >= 15 is 0 Å². The molecule has 3 rings (SSSR count). The molecule has 32 heavy (non-hydrogen) atoms. The molecule has 1 aromatic carbocycles. The topological polar surface area (TPSA) is 113 Å². The Morgan fingerprint density at radius 3 is 2.72 bits per heavy atom. The van der Waals surface area contributed by atoms with E-state index < -0.39 is 14.1 Å². The minimum atomic E-state index is -4.23. The van der Waals surface area contributed by atoms with Gasteiger partial charge in [0.25, 0.3) is 0 Å². The average Bonchev–Trinajstić information content (AvgIpc) is 2.87. The first-order valence-electron chi connectivity index (χ1n) is 10.1. The van der Waals surface area contributed by atoms with Gasteiger partial charge in [0.05, 0.1) is 38.3 Å². The third-order valence-electron chi connectivity index (χ3n) is 4.70. The van der Waals surface area contributed by atoms with Crippen LogP contribution in [0.3, 0.4) is 0 Å². The summed E-state index contributed by atoms with van der Waals surface area (Å²) in [5, 5.41) is 0. The molecule has 2 atom stereocenters. The number of aromatic nitrogens is 1. The molecule has 0 amide bonds. The quantitative estimate of drug-likeness (QED) is 0.362. The smallest absolute Gasteiger partial charge is 0.475 e. The standard InChI is InChI=1S/C22H26NO8P/c1-27-19-9-6-5-8-17(19)18(24)12-11-16-14-20(21(28-2)15-23-16)30-22-10-4-3-7-13-29-32(25,26)31-22/h5-6,8-9,11-12,14-15,22H,3-4,7,10,13H2,1-2H3,(H,25,26). The van der Waals surface area contributed by atoms with E-state index in [-0.39, 0.29) is 18.1 Å². The zero-order valence-corrected chi connectivity index (χ0v) is 18.8. The molecule has 1 saturated heterocycles. The Hall–Kier alpha value is -2.71. The summed E-state index contributed by atoms with van der Waals surface area (Å²) in [6.07, 6.45) is 5.95. The number of hydrogen-bond donors (Lipinski definition) is 1. The van der Waals surface area contributed by atoms with Gasteiger partial charge in [-0.25, -0.2) is 9.09 Å². The Morgan fingerprint density at radius 2 is 1.94 bits per heavy atom. The van der Waals surface area contributed by atoms with Crippen LogP contribution >= 0.6 is 7.82 Å². The lowest BCUT2D eigenvalue weighted by molar-refractivity contribution is -0.0268. The van der Waals surface area contributed by atoms with Gasteiger partial charge in [-0.15, -0.1) is 0 Å². The zero-order valence-electron chi connectivity index (χ0n) is 17.9. The molecule has 0 radical (unpaired) electrons. The number of nitrogens with zero attached hydrogens (tertiary/aromatic N) is 1. The molecule has 1 aromatic heterocycles. The van der Waals surface area contributed by atoms with Crippen molar-refractivity contribution in [3.63, 3.8) is 0 Å². The van der Waals surface area contributed by atoms with E-state index in [0.717, 1.165) is 12.8 Å². The third-order valence-corrected chi connectivity index (χ3v) is 5.71. The van der Waals surface area contributed by atoms with Gasteiger partial charge in [-0.2, -0.15) is 0 Å². The van der Waals surface area contributed by atoms with E-state index in [1.165, 1.54) is 32.6 Å². The number of rotatable bonds is 7. The molecular weight excluding hydrogens is 437 g/mol. The van der Waals surface area contributed by atoms with Crippen LogP contribution in [0.1, 0.15) is 41.7 Å². The van der Waals surface area contributed by atoms with Gasteiger partial charge < -0.3 is 19.1 Å². The van der Waals surface area contributed by atoms with Crippen molar-refractivity contribution >= 4 is 19.7 Å². The summed E-state index contributed by atoms with van der Waals surface area (Å²) in [5.41, 5.74) is 0.851. The number of allylic oxidation sites excluding steroid dienone is 1. The Kier molecular flexibility index (Phi) is 8.41. The lowest BCUT2D eigenvalue weighted by Crippen LogP contribution is -2.20. The second-order valence-electron chi connectivity index (χ2n) is 6.96. The molecule has 2 heterocycles. The van der Waals surface area contributed by atoms with E-state index in [2.05, 4.69) is 4.98 Å². The molecule has 2 unspecified atom stereocenters. The van der Waals surface area contributed by atoms with Crippen molar-refractivity contribution in [2.24, 2.45) is 0 Å². The summed E-state index contributed by atoms with van der Waals surface area (Å²) in [6.45, 7) is 0.147. The van der Waals surface area contributed by atoms with Crippen LogP contribution in [0.25, 0.3) is 6.08 Å². The van der Waals surface area contributed by atoms with E-state index in [4.69, 9.17) is 23.3 Å². The van der Waals surface area contributed by atoms with Gasteiger partial charge in [0.1, 0.15) is 5.75 Å². The van der Waals surface area contributed by atoms with Crippen molar-refractivity contribution in [1.82, 2.24) is 4.98 Å². The maximum atomic E-state index is 12.6. The Bertz CT molecular complexity index is 1010. The van der Waals surface area contributed by atoms with Gasteiger partial charge in [0.15, 0.2) is 17.3 Å². The van der Waals surface area contributed by atoms with Crippen molar-refractivity contribution in [1.29, 1.82) is 0 Å². The predicted molar refractivity (Wildman–Crippen MR) is 117 cm³/mol. The van der Waals surface area contributed by atoms with Gasteiger partial charge in [-0.1, -0.05) is 18.6 Å². The molecule has 1 aliphatic heterocycles. The first kappa shape index (κ1) is 23.9. The fourth-order valence-electron chi connectivity index (χ4n) is 3.10. The number of benzene rings is 1. The Morgan fingerprint density at radius 1 is 1.16 bits per heavy atom. The molecule has 1 fully saturated rings. The Labute approximate surface area is 186 Å². The largest absolute Gasteiger partial charge is 0.496 e. The number of phosphoric acid groups is 1. The molecule has 0 saturated carbocycles. The molecule has 9 nitrogen and oxygen atoms in total. The predicted octanol–water partition coefficient (Wildman–Crippen LogP) is 4.41. The van der Waals surface area contributed by atoms with Gasteiger partial charge in [0, 0.05) is 12.5 Å². The number of methoxy groups -OCH3 is 2. The molecule has 0 aliphatic carbocycles. The summed E-state index contributed by atoms with van der Waals surface area (Å²) in [6, 6.07) is 8.47. The number of phosphoric ester groups is 1. The second-order valence-corrected chi connectivity index (χ2v) is 8.37. The van der Waals surface area contributed by atoms with Crippen LogP contribution in [0.5, 0.6) is 17.2 Å². The zero-order chi connectivity index (χ0) is 23.0. The number of pyridine rings is 1. The van der Waals surface area contributed by atoms with Crippen LogP contribution in [0.15, 0.2) is 42.6 Å². The SMILES string of the molecule is COc1cnc(C=CC(=O)c2ccccc2OC)cc1OC1CCCCCOP(=O)(O)O1. The molecule has 1 aliphatic rings. The Balaban J connectivity index is 1.79. The highest BCUT2D eigenvalue weighted by Crippen LogP contribution is 2.46. The van der Waals surface area contributed by atoms with Crippen molar-refractivity contribution in [2.75, 3.05) is 20.8 Å². The van der Waals surface area contributed by atoms with Crippen LogP contribution in [0.4, 0.5) is 0 Å². The lowest BCUT2D eigenvalue weighted by atomic mass is 10.1. The summed E-state index contributed by atoms with van der Waals surface area (Å²) in [4.78, 5) is 26.7. The van der Waals surface area contributed by atoms with Gasteiger partial charge >= 0.3 is 7.82 Å². The molecule has 172 valence electrons.